The van der Waals surface area contributed by atoms with Crippen molar-refractivity contribution in [3.63, 3.8) is 0 Å². The van der Waals surface area contributed by atoms with Crippen LogP contribution in [-0.4, -0.2) is 42.1 Å². The number of amides is 2. The van der Waals surface area contributed by atoms with Gasteiger partial charge in [-0.25, -0.2) is 4.79 Å². The number of carbonyl (C=O) groups is 2. The Bertz CT molecular complexity index is 505. The van der Waals surface area contributed by atoms with E-state index in [4.69, 9.17) is 5.11 Å². The number of benzene rings is 1. The number of aliphatic carboxylic acids is 1. The molecule has 114 valence electrons. The molecule has 0 spiro atoms. The molecule has 1 aromatic carbocycles. The number of carbonyl (C=O) groups excluding carboxylic acids is 1. The van der Waals surface area contributed by atoms with E-state index in [0.29, 0.717) is 25.9 Å². The lowest BCUT2D eigenvalue weighted by atomic mass is 9.97. The van der Waals surface area contributed by atoms with E-state index in [0.717, 1.165) is 12.1 Å². The Balaban J connectivity index is 1.97. The van der Waals surface area contributed by atoms with Crippen LogP contribution in [0.25, 0.3) is 0 Å². The van der Waals surface area contributed by atoms with Gasteiger partial charge in [0.1, 0.15) is 0 Å². The van der Waals surface area contributed by atoms with Gasteiger partial charge in [-0.1, -0.05) is 19.1 Å². The SMILES string of the molecule is CCc1ccc(N(C)C(=O)N2CCC(C(=O)O)CC2)cc1. The maximum absolute atomic E-state index is 12.4. The molecule has 1 N–H and O–H groups in total. The topological polar surface area (TPSA) is 60.9 Å². The number of carboxylic acid groups (broad SMARTS) is 1. The summed E-state index contributed by atoms with van der Waals surface area (Å²) in [5.74, 6) is -1.08. The lowest BCUT2D eigenvalue weighted by Gasteiger charge is -2.33. The fourth-order valence-corrected chi connectivity index (χ4v) is 2.60. The quantitative estimate of drug-likeness (QED) is 0.930. The van der Waals surface area contributed by atoms with Crippen molar-refractivity contribution in [2.45, 2.75) is 26.2 Å². The number of urea groups is 1. The third-order valence-corrected chi connectivity index (χ3v) is 4.13. The summed E-state index contributed by atoms with van der Waals surface area (Å²) in [5, 5.41) is 8.99. The number of likely N-dealkylation sites (tertiary alicyclic amines) is 1. The Labute approximate surface area is 125 Å². The molecule has 0 aromatic heterocycles. The lowest BCUT2D eigenvalue weighted by Crippen LogP contribution is -2.46. The van der Waals surface area contributed by atoms with Crippen molar-refractivity contribution in [1.82, 2.24) is 4.90 Å². The summed E-state index contributed by atoms with van der Waals surface area (Å²) < 4.78 is 0. The van der Waals surface area contributed by atoms with Gasteiger partial charge < -0.3 is 10.0 Å². The molecular weight excluding hydrogens is 268 g/mol. The Kier molecular flexibility index (Phi) is 4.83. The van der Waals surface area contributed by atoms with E-state index in [1.165, 1.54) is 5.56 Å². The van der Waals surface area contributed by atoms with E-state index < -0.39 is 5.97 Å². The Morgan fingerprint density at radius 3 is 2.29 bits per heavy atom. The highest BCUT2D eigenvalue weighted by molar-refractivity contribution is 5.91. The molecule has 1 fully saturated rings. The van der Waals surface area contributed by atoms with E-state index in [2.05, 4.69) is 6.92 Å². The summed E-state index contributed by atoms with van der Waals surface area (Å²) in [7, 11) is 1.76. The number of piperidine rings is 1. The van der Waals surface area contributed by atoms with Crippen molar-refractivity contribution in [2.75, 3.05) is 25.0 Å². The van der Waals surface area contributed by atoms with Crippen molar-refractivity contribution < 1.29 is 14.7 Å². The van der Waals surface area contributed by atoms with Crippen molar-refractivity contribution in [3.05, 3.63) is 29.8 Å². The maximum atomic E-state index is 12.4. The molecule has 0 unspecified atom stereocenters. The van der Waals surface area contributed by atoms with Gasteiger partial charge in [-0.15, -0.1) is 0 Å². The average Bonchev–Trinajstić information content (AvgIpc) is 2.53. The highest BCUT2D eigenvalue weighted by Crippen LogP contribution is 2.21. The molecule has 0 radical (unpaired) electrons. The molecule has 0 bridgehead atoms. The van der Waals surface area contributed by atoms with Crippen LogP contribution in [0.3, 0.4) is 0 Å². The van der Waals surface area contributed by atoms with Crippen molar-refractivity contribution in [2.24, 2.45) is 5.92 Å². The zero-order valence-corrected chi connectivity index (χ0v) is 12.6. The molecule has 21 heavy (non-hydrogen) atoms. The van der Waals surface area contributed by atoms with Gasteiger partial charge in [0, 0.05) is 25.8 Å². The fourth-order valence-electron chi connectivity index (χ4n) is 2.60. The molecule has 1 aliphatic rings. The second-order valence-electron chi connectivity index (χ2n) is 5.46. The van der Waals surface area contributed by atoms with Crippen LogP contribution in [0.4, 0.5) is 10.5 Å². The van der Waals surface area contributed by atoms with Gasteiger partial charge in [0.2, 0.25) is 0 Å². The third kappa shape index (κ3) is 3.54. The minimum absolute atomic E-state index is 0.0666. The van der Waals surface area contributed by atoms with Gasteiger partial charge in [0.25, 0.3) is 0 Å². The molecule has 1 heterocycles. The highest BCUT2D eigenvalue weighted by atomic mass is 16.4. The van der Waals surface area contributed by atoms with Crippen molar-refractivity contribution in [3.8, 4) is 0 Å². The lowest BCUT2D eigenvalue weighted by molar-refractivity contribution is -0.143. The number of rotatable bonds is 3. The van der Waals surface area contributed by atoms with Gasteiger partial charge in [-0.2, -0.15) is 0 Å². The average molecular weight is 290 g/mol. The first-order valence-electron chi connectivity index (χ1n) is 7.37. The third-order valence-electron chi connectivity index (χ3n) is 4.13. The molecular formula is C16H22N2O3. The van der Waals surface area contributed by atoms with E-state index in [-0.39, 0.29) is 11.9 Å². The molecule has 2 rings (SSSR count). The summed E-state index contributed by atoms with van der Waals surface area (Å²) >= 11 is 0. The second kappa shape index (κ2) is 6.61. The monoisotopic (exact) mass is 290 g/mol. The zero-order chi connectivity index (χ0) is 15.4. The number of carboxylic acids is 1. The van der Waals surface area contributed by atoms with Crippen LogP contribution in [0.15, 0.2) is 24.3 Å². The first kappa shape index (κ1) is 15.4. The van der Waals surface area contributed by atoms with Crippen LogP contribution in [0.5, 0.6) is 0 Å². The molecule has 5 nitrogen and oxygen atoms in total. The van der Waals surface area contributed by atoms with Gasteiger partial charge in [-0.05, 0) is 37.0 Å². The number of aryl methyl sites for hydroxylation is 1. The largest absolute Gasteiger partial charge is 0.481 e. The van der Waals surface area contributed by atoms with Crippen molar-refractivity contribution >= 4 is 17.7 Å². The Hall–Kier alpha value is -2.04. The summed E-state index contributed by atoms with van der Waals surface area (Å²) in [6, 6.07) is 7.87. The van der Waals surface area contributed by atoms with Crippen LogP contribution in [-0.2, 0) is 11.2 Å². The minimum atomic E-state index is -0.759. The summed E-state index contributed by atoms with van der Waals surface area (Å²) in [5.41, 5.74) is 2.10. The Morgan fingerprint density at radius 1 is 1.24 bits per heavy atom. The van der Waals surface area contributed by atoms with Crippen LogP contribution < -0.4 is 4.90 Å². The van der Waals surface area contributed by atoms with Crippen LogP contribution in [0.1, 0.15) is 25.3 Å². The van der Waals surface area contributed by atoms with E-state index in [1.54, 1.807) is 16.8 Å². The van der Waals surface area contributed by atoms with Gasteiger partial charge >= 0.3 is 12.0 Å². The molecule has 0 atom stereocenters. The molecule has 5 heteroatoms. The fraction of sp³-hybridized carbons (Fsp3) is 0.500. The predicted octanol–water partition coefficient (Wildman–Crippen LogP) is 2.60. The van der Waals surface area contributed by atoms with Crippen LogP contribution in [0, 0.1) is 5.92 Å². The molecule has 0 aliphatic carbocycles. The first-order valence-corrected chi connectivity index (χ1v) is 7.37. The smallest absolute Gasteiger partial charge is 0.324 e. The predicted molar refractivity (Wildman–Crippen MR) is 81.6 cm³/mol. The normalized spacial score (nSPS) is 15.8. The molecule has 2 amide bonds. The number of anilines is 1. The molecule has 1 saturated heterocycles. The van der Waals surface area contributed by atoms with Crippen molar-refractivity contribution in [1.29, 1.82) is 0 Å². The molecule has 1 aromatic rings. The van der Waals surface area contributed by atoms with Gasteiger partial charge in [0.15, 0.2) is 0 Å². The minimum Gasteiger partial charge on any atom is -0.481 e. The highest BCUT2D eigenvalue weighted by Gasteiger charge is 2.28. The first-order chi connectivity index (χ1) is 10.0. The molecule has 0 saturated carbocycles. The Morgan fingerprint density at radius 2 is 1.81 bits per heavy atom. The molecule has 1 aliphatic heterocycles. The van der Waals surface area contributed by atoms with Gasteiger partial charge in [-0.3, -0.25) is 9.69 Å². The number of hydrogen-bond acceptors (Lipinski definition) is 2. The number of hydrogen-bond donors (Lipinski definition) is 1. The number of nitrogens with zero attached hydrogens (tertiary/aromatic N) is 2. The standard InChI is InChI=1S/C16H22N2O3/c1-3-12-4-6-14(7-5-12)17(2)16(21)18-10-8-13(9-11-18)15(19)20/h4-7,13H,3,8-11H2,1-2H3,(H,19,20). The second-order valence-corrected chi connectivity index (χ2v) is 5.46. The summed E-state index contributed by atoms with van der Waals surface area (Å²) in [6.07, 6.45) is 2.04. The van der Waals surface area contributed by atoms with Crippen LogP contribution >= 0.6 is 0 Å². The summed E-state index contributed by atoms with van der Waals surface area (Å²) in [6.45, 7) is 3.11. The van der Waals surface area contributed by atoms with E-state index in [9.17, 15) is 9.59 Å². The van der Waals surface area contributed by atoms with Gasteiger partial charge in [0.05, 0.1) is 5.92 Å². The zero-order valence-electron chi connectivity index (χ0n) is 12.6. The maximum Gasteiger partial charge on any atom is 0.324 e. The van der Waals surface area contributed by atoms with Crippen LogP contribution in [0.2, 0.25) is 0 Å². The summed E-state index contributed by atoms with van der Waals surface area (Å²) in [4.78, 5) is 26.7. The van der Waals surface area contributed by atoms with E-state index in [1.807, 2.05) is 24.3 Å². The van der Waals surface area contributed by atoms with E-state index >= 15 is 0 Å².